The first kappa shape index (κ1) is 30.4. The van der Waals surface area contributed by atoms with Crippen molar-refractivity contribution >= 4 is 40.6 Å². The minimum absolute atomic E-state index is 0.120. The summed E-state index contributed by atoms with van der Waals surface area (Å²) in [4.78, 5) is 40.0. The Morgan fingerprint density at radius 2 is 1.50 bits per heavy atom. The third kappa shape index (κ3) is 7.29. The second-order valence-electron chi connectivity index (χ2n) is 8.52. The normalized spacial score (nSPS) is 12.9. The Hall–Kier alpha value is -4.13. The van der Waals surface area contributed by atoms with Crippen LogP contribution in [0.25, 0.3) is 0 Å². The van der Waals surface area contributed by atoms with Crippen LogP contribution >= 0.6 is 12.2 Å². The van der Waals surface area contributed by atoms with Crippen molar-refractivity contribution in [2.45, 2.75) is 27.7 Å². The average Bonchev–Trinajstić information content (AvgIpc) is 2.94. The standard InChI is InChI=1S/C27H34N4O8S/c1-5-36-22-16-19(17-23(37-6-2)24(22)38-7-3)25(32)28-27(40)30-13-11-29(12-14-30)20-10-9-18(26(33)39-8-4)15-21(20)31(34)35/h9-10,15-17H,5-8,11-14H2,1-4H3,(H,28,32,40). The summed E-state index contributed by atoms with van der Waals surface area (Å²) in [5, 5.41) is 14.7. The number of piperazine rings is 1. The number of ether oxygens (including phenoxy) is 4. The van der Waals surface area contributed by atoms with Crippen LogP contribution in [0.15, 0.2) is 30.3 Å². The number of carbonyl (C=O) groups is 2. The van der Waals surface area contributed by atoms with Crippen LogP contribution in [0.5, 0.6) is 17.2 Å². The Morgan fingerprint density at radius 3 is 2.02 bits per heavy atom. The van der Waals surface area contributed by atoms with E-state index in [4.69, 9.17) is 31.2 Å². The second-order valence-corrected chi connectivity index (χ2v) is 8.90. The van der Waals surface area contributed by atoms with E-state index in [1.165, 1.54) is 12.1 Å². The summed E-state index contributed by atoms with van der Waals surface area (Å²) in [7, 11) is 0. The van der Waals surface area contributed by atoms with Gasteiger partial charge in [0.25, 0.3) is 11.6 Å². The lowest BCUT2D eigenvalue weighted by Crippen LogP contribution is -2.52. The molecule has 12 nitrogen and oxygen atoms in total. The van der Waals surface area contributed by atoms with Crippen molar-refractivity contribution in [3.63, 3.8) is 0 Å². The van der Waals surface area contributed by atoms with Gasteiger partial charge in [0.2, 0.25) is 5.75 Å². The van der Waals surface area contributed by atoms with Crippen LogP contribution in [0.4, 0.5) is 11.4 Å². The zero-order chi connectivity index (χ0) is 29.2. The Bertz CT molecular complexity index is 1220. The van der Waals surface area contributed by atoms with Crippen LogP contribution < -0.4 is 24.4 Å². The molecule has 0 spiro atoms. The molecule has 216 valence electrons. The summed E-state index contributed by atoms with van der Waals surface area (Å²) in [6.45, 7) is 10.2. The lowest BCUT2D eigenvalue weighted by Gasteiger charge is -2.37. The molecule has 1 aliphatic rings. The maximum atomic E-state index is 13.1. The number of thiocarbonyl (C=S) groups is 1. The number of nitrogens with one attached hydrogen (secondary N) is 1. The van der Waals surface area contributed by atoms with Gasteiger partial charge in [-0.05, 0) is 64.2 Å². The van der Waals surface area contributed by atoms with E-state index < -0.39 is 16.8 Å². The van der Waals surface area contributed by atoms with Crippen molar-refractivity contribution in [1.29, 1.82) is 0 Å². The monoisotopic (exact) mass is 574 g/mol. The fourth-order valence-electron chi connectivity index (χ4n) is 4.20. The van der Waals surface area contributed by atoms with Gasteiger partial charge in [0.1, 0.15) is 5.69 Å². The van der Waals surface area contributed by atoms with Gasteiger partial charge in [0.05, 0.1) is 36.9 Å². The predicted molar refractivity (Wildman–Crippen MR) is 153 cm³/mol. The van der Waals surface area contributed by atoms with E-state index in [9.17, 15) is 19.7 Å². The van der Waals surface area contributed by atoms with Gasteiger partial charge in [-0.2, -0.15) is 0 Å². The lowest BCUT2D eigenvalue weighted by molar-refractivity contribution is -0.384. The van der Waals surface area contributed by atoms with Gasteiger partial charge in [-0.1, -0.05) is 0 Å². The highest BCUT2D eigenvalue weighted by atomic mass is 32.1. The molecule has 1 N–H and O–H groups in total. The number of nitro groups is 1. The highest BCUT2D eigenvalue weighted by Crippen LogP contribution is 2.39. The number of benzene rings is 2. The van der Waals surface area contributed by atoms with Crippen LogP contribution in [0, 0.1) is 10.1 Å². The van der Waals surface area contributed by atoms with Crippen molar-refractivity contribution in [2.24, 2.45) is 0 Å². The first-order chi connectivity index (χ1) is 19.2. The largest absolute Gasteiger partial charge is 0.490 e. The number of hydrogen-bond donors (Lipinski definition) is 1. The Balaban J connectivity index is 1.70. The van der Waals surface area contributed by atoms with Gasteiger partial charge in [0, 0.05) is 37.8 Å². The molecule has 0 radical (unpaired) electrons. The fourth-order valence-corrected chi connectivity index (χ4v) is 4.47. The number of nitro benzene ring substituents is 1. The minimum Gasteiger partial charge on any atom is -0.490 e. The number of esters is 1. The highest BCUT2D eigenvalue weighted by molar-refractivity contribution is 7.80. The number of nitrogens with zero attached hydrogens (tertiary/aromatic N) is 3. The van der Waals surface area contributed by atoms with Crippen molar-refractivity contribution in [2.75, 3.05) is 57.5 Å². The third-order valence-corrected chi connectivity index (χ3v) is 6.34. The molecule has 13 heteroatoms. The highest BCUT2D eigenvalue weighted by Gasteiger charge is 2.27. The number of carbonyl (C=O) groups excluding carboxylic acids is 2. The molecule has 0 atom stereocenters. The van der Waals surface area contributed by atoms with E-state index in [1.807, 2.05) is 30.6 Å². The number of amides is 1. The molecule has 1 saturated heterocycles. The van der Waals surface area contributed by atoms with Crippen molar-refractivity contribution in [3.05, 3.63) is 51.6 Å². The van der Waals surface area contributed by atoms with Crippen LogP contribution in [-0.2, 0) is 4.74 Å². The second kappa shape index (κ2) is 14.3. The maximum absolute atomic E-state index is 13.1. The molecule has 0 bridgehead atoms. The molecule has 1 heterocycles. The smallest absolute Gasteiger partial charge is 0.338 e. The minimum atomic E-state index is -0.614. The van der Waals surface area contributed by atoms with Crippen LogP contribution in [-0.4, -0.2) is 79.4 Å². The van der Waals surface area contributed by atoms with Gasteiger partial charge >= 0.3 is 5.97 Å². The van der Waals surface area contributed by atoms with E-state index >= 15 is 0 Å². The maximum Gasteiger partial charge on any atom is 0.338 e. The van der Waals surface area contributed by atoms with E-state index in [2.05, 4.69) is 5.32 Å². The lowest BCUT2D eigenvalue weighted by atomic mass is 10.1. The van der Waals surface area contributed by atoms with Gasteiger partial charge in [-0.3, -0.25) is 20.2 Å². The zero-order valence-corrected chi connectivity index (χ0v) is 23.9. The molecular formula is C27H34N4O8S. The molecule has 3 rings (SSSR count). The van der Waals surface area contributed by atoms with Crippen LogP contribution in [0.2, 0.25) is 0 Å². The topological polar surface area (TPSA) is 133 Å². The van der Waals surface area contributed by atoms with Crippen LogP contribution in [0.3, 0.4) is 0 Å². The van der Waals surface area contributed by atoms with Gasteiger partial charge in [0.15, 0.2) is 16.6 Å². The van der Waals surface area contributed by atoms with E-state index in [-0.39, 0.29) is 23.0 Å². The quantitative estimate of drug-likeness (QED) is 0.182. The molecule has 2 aromatic carbocycles. The molecule has 1 fully saturated rings. The Kier molecular flexibility index (Phi) is 10.9. The van der Waals surface area contributed by atoms with Crippen molar-refractivity contribution in [1.82, 2.24) is 10.2 Å². The number of hydrogen-bond acceptors (Lipinski definition) is 10. The van der Waals surface area contributed by atoms with Gasteiger partial charge in [-0.25, -0.2) is 4.79 Å². The molecule has 0 aromatic heterocycles. The Morgan fingerprint density at radius 1 is 0.900 bits per heavy atom. The van der Waals surface area contributed by atoms with Gasteiger partial charge in [-0.15, -0.1) is 0 Å². The SMILES string of the molecule is CCOC(=O)c1ccc(N2CCN(C(=S)NC(=O)c3cc(OCC)c(OCC)c(OCC)c3)CC2)c([N+](=O)[O-])c1. The first-order valence-electron chi connectivity index (χ1n) is 13.1. The summed E-state index contributed by atoms with van der Waals surface area (Å²) in [6, 6.07) is 7.48. The summed E-state index contributed by atoms with van der Waals surface area (Å²) in [6.07, 6.45) is 0. The molecule has 0 unspecified atom stereocenters. The molecule has 1 aliphatic heterocycles. The Labute approximate surface area is 238 Å². The summed E-state index contributed by atoms with van der Waals surface area (Å²) in [5.41, 5.74) is 0.636. The fraction of sp³-hybridized carbons (Fsp3) is 0.444. The van der Waals surface area contributed by atoms with E-state index in [1.54, 1.807) is 25.1 Å². The molecule has 0 aliphatic carbocycles. The summed E-state index contributed by atoms with van der Waals surface area (Å²) >= 11 is 5.51. The van der Waals surface area contributed by atoms with E-state index in [0.717, 1.165) is 0 Å². The summed E-state index contributed by atoms with van der Waals surface area (Å²) in [5.74, 6) is 0.192. The number of rotatable bonds is 11. The van der Waals surface area contributed by atoms with Crippen molar-refractivity contribution in [3.8, 4) is 17.2 Å². The predicted octanol–water partition coefficient (Wildman–Crippen LogP) is 3.80. The van der Waals surface area contributed by atoms with E-state index in [0.29, 0.717) is 74.5 Å². The summed E-state index contributed by atoms with van der Waals surface area (Å²) < 4.78 is 22.0. The molecule has 40 heavy (non-hydrogen) atoms. The zero-order valence-electron chi connectivity index (χ0n) is 23.1. The van der Waals surface area contributed by atoms with Crippen molar-refractivity contribution < 1.29 is 33.5 Å². The average molecular weight is 575 g/mol. The third-order valence-electron chi connectivity index (χ3n) is 5.98. The first-order valence-corrected chi connectivity index (χ1v) is 13.5. The van der Waals surface area contributed by atoms with Gasteiger partial charge < -0.3 is 28.7 Å². The number of anilines is 1. The molecule has 2 aromatic rings. The molecular weight excluding hydrogens is 540 g/mol. The molecule has 1 amide bonds. The van der Waals surface area contributed by atoms with Crippen LogP contribution in [0.1, 0.15) is 48.4 Å². The molecule has 0 saturated carbocycles.